The maximum absolute atomic E-state index is 6.43. The van der Waals surface area contributed by atoms with Crippen LogP contribution in [-0.4, -0.2) is 16.2 Å². The van der Waals surface area contributed by atoms with Crippen LogP contribution in [0.3, 0.4) is 0 Å². The van der Waals surface area contributed by atoms with Crippen LogP contribution in [0.5, 0.6) is 5.75 Å². The molecule has 2 aliphatic rings. The third-order valence-corrected chi connectivity index (χ3v) is 5.37. The molecular formula is C18H22ClN3O2. The molecule has 128 valence electrons. The summed E-state index contributed by atoms with van der Waals surface area (Å²) in [4.78, 5) is 4.57. The summed E-state index contributed by atoms with van der Waals surface area (Å²) < 4.78 is 11.7. The molecule has 0 saturated heterocycles. The fraction of sp³-hybridized carbons (Fsp3) is 0.556. The molecule has 1 aromatic carbocycles. The molecule has 0 unspecified atom stereocenters. The average molecular weight is 348 g/mol. The number of nitrogens with two attached hydrogens (primary N) is 1. The maximum atomic E-state index is 6.43. The van der Waals surface area contributed by atoms with Crippen molar-refractivity contribution in [2.75, 3.05) is 0 Å². The largest absolute Gasteiger partial charge is 0.490 e. The third-order valence-electron chi connectivity index (χ3n) is 5.13. The summed E-state index contributed by atoms with van der Waals surface area (Å²) in [7, 11) is 0. The quantitative estimate of drug-likeness (QED) is 0.884. The van der Waals surface area contributed by atoms with Gasteiger partial charge in [0.05, 0.1) is 17.2 Å². The van der Waals surface area contributed by atoms with Crippen molar-refractivity contribution in [3.8, 4) is 17.2 Å². The highest BCUT2D eigenvalue weighted by molar-refractivity contribution is 6.30. The molecule has 2 aliphatic carbocycles. The molecule has 1 aromatic heterocycles. The zero-order valence-electron chi connectivity index (χ0n) is 13.6. The molecule has 6 heteroatoms. The minimum Gasteiger partial charge on any atom is -0.490 e. The molecule has 4 rings (SSSR count). The van der Waals surface area contributed by atoms with Crippen molar-refractivity contribution in [2.24, 2.45) is 5.73 Å². The van der Waals surface area contributed by atoms with Crippen molar-refractivity contribution in [1.82, 2.24) is 10.1 Å². The fourth-order valence-electron chi connectivity index (χ4n) is 3.72. The summed E-state index contributed by atoms with van der Waals surface area (Å²) in [5.41, 5.74) is 6.71. The van der Waals surface area contributed by atoms with Gasteiger partial charge in [0.1, 0.15) is 5.75 Å². The van der Waals surface area contributed by atoms with Crippen LogP contribution in [0.1, 0.15) is 57.2 Å². The summed E-state index contributed by atoms with van der Waals surface area (Å²) in [5.74, 6) is 1.76. The summed E-state index contributed by atoms with van der Waals surface area (Å²) in [5, 5.41) is 4.76. The topological polar surface area (TPSA) is 74.2 Å². The second kappa shape index (κ2) is 6.37. The molecular weight excluding hydrogens is 326 g/mol. The van der Waals surface area contributed by atoms with Crippen LogP contribution in [0.15, 0.2) is 22.7 Å². The summed E-state index contributed by atoms with van der Waals surface area (Å²) in [6.07, 6.45) is 8.86. The molecule has 0 radical (unpaired) electrons. The van der Waals surface area contributed by atoms with E-state index >= 15 is 0 Å². The van der Waals surface area contributed by atoms with E-state index < -0.39 is 5.54 Å². The SMILES string of the molecule is NC1(c2noc(-c3cc(Cl)ccc3OC3CCCC3)n2)CCCC1. The van der Waals surface area contributed by atoms with Gasteiger partial charge in [0.15, 0.2) is 5.82 Å². The smallest absolute Gasteiger partial charge is 0.261 e. The molecule has 2 saturated carbocycles. The molecule has 24 heavy (non-hydrogen) atoms. The first-order valence-electron chi connectivity index (χ1n) is 8.74. The van der Waals surface area contributed by atoms with Gasteiger partial charge in [-0.3, -0.25) is 0 Å². The Labute approximate surface area is 146 Å². The maximum Gasteiger partial charge on any atom is 0.261 e. The first-order valence-corrected chi connectivity index (χ1v) is 9.11. The van der Waals surface area contributed by atoms with E-state index in [1.165, 1.54) is 12.8 Å². The first kappa shape index (κ1) is 15.9. The second-order valence-electron chi connectivity index (χ2n) is 6.95. The number of ether oxygens (including phenoxy) is 1. The Morgan fingerprint density at radius 3 is 2.67 bits per heavy atom. The highest BCUT2D eigenvalue weighted by Crippen LogP contribution is 2.38. The molecule has 5 nitrogen and oxygen atoms in total. The van der Waals surface area contributed by atoms with Gasteiger partial charge in [0, 0.05) is 5.02 Å². The van der Waals surface area contributed by atoms with E-state index in [1.54, 1.807) is 0 Å². The van der Waals surface area contributed by atoms with Crippen molar-refractivity contribution in [2.45, 2.75) is 63.0 Å². The van der Waals surface area contributed by atoms with Gasteiger partial charge in [-0.05, 0) is 56.7 Å². The van der Waals surface area contributed by atoms with Crippen molar-refractivity contribution in [1.29, 1.82) is 0 Å². The zero-order valence-corrected chi connectivity index (χ0v) is 14.4. The Hall–Kier alpha value is -1.59. The zero-order chi connectivity index (χ0) is 16.6. The van der Waals surface area contributed by atoms with E-state index in [2.05, 4.69) is 10.1 Å². The number of halogens is 1. The normalized spacial score (nSPS) is 20.6. The van der Waals surface area contributed by atoms with Crippen LogP contribution in [0.4, 0.5) is 0 Å². The lowest BCUT2D eigenvalue weighted by Gasteiger charge is -2.18. The van der Waals surface area contributed by atoms with Gasteiger partial charge in [-0.2, -0.15) is 4.98 Å². The van der Waals surface area contributed by atoms with E-state index in [0.29, 0.717) is 16.7 Å². The number of aromatic nitrogens is 2. The van der Waals surface area contributed by atoms with Crippen LogP contribution in [-0.2, 0) is 5.54 Å². The van der Waals surface area contributed by atoms with Crippen LogP contribution >= 0.6 is 11.6 Å². The number of rotatable bonds is 4. The van der Waals surface area contributed by atoms with E-state index in [0.717, 1.165) is 49.8 Å². The Morgan fingerprint density at radius 2 is 1.92 bits per heavy atom. The minimum absolute atomic E-state index is 0.253. The predicted molar refractivity (Wildman–Crippen MR) is 92.0 cm³/mol. The minimum atomic E-state index is -0.465. The lowest BCUT2D eigenvalue weighted by molar-refractivity contribution is 0.210. The lowest BCUT2D eigenvalue weighted by Crippen LogP contribution is -2.34. The monoisotopic (exact) mass is 347 g/mol. The molecule has 0 spiro atoms. The summed E-state index contributed by atoms with van der Waals surface area (Å²) in [6, 6.07) is 5.53. The van der Waals surface area contributed by atoms with Crippen LogP contribution in [0.2, 0.25) is 5.02 Å². The first-order chi connectivity index (χ1) is 11.6. The van der Waals surface area contributed by atoms with Gasteiger partial charge in [0.25, 0.3) is 5.89 Å². The van der Waals surface area contributed by atoms with Crippen LogP contribution < -0.4 is 10.5 Å². The molecule has 0 atom stereocenters. The Kier molecular flexibility index (Phi) is 4.22. The van der Waals surface area contributed by atoms with E-state index in [4.69, 9.17) is 26.6 Å². The predicted octanol–water partition coefficient (Wildman–Crippen LogP) is 4.44. The standard InChI is InChI=1S/C18H22ClN3O2/c19-12-7-8-15(23-13-5-1-2-6-13)14(11-12)16-21-17(22-24-16)18(20)9-3-4-10-18/h7-8,11,13H,1-6,9-10,20H2. The fourth-order valence-corrected chi connectivity index (χ4v) is 3.89. The molecule has 2 fully saturated rings. The third kappa shape index (κ3) is 3.03. The van der Waals surface area contributed by atoms with E-state index in [1.807, 2.05) is 18.2 Å². The molecule has 2 aromatic rings. The van der Waals surface area contributed by atoms with Crippen molar-refractivity contribution in [3.63, 3.8) is 0 Å². The number of benzene rings is 1. The highest BCUT2D eigenvalue weighted by atomic mass is 35.5. The Bertz CT molecular complexity index is 719. The van der Waals surface area contributed by atoms with Gasteiger partial charge in [-0.15, -0.1) is 0 Å². The van der Waals surface area contributed by atoms with Gasteiger partial charge < -0.3 is 15.0 Å². The second-order valence-corrected chi connectivity index (χ2v) is 7.39. The number of hydrogen-bond acceptors (Lipinski definition) is 5. The highest BCUT2D eigenvalue weighted by Gasteiger charge is 2.36. The van der Waals surface area contributed by atoms with Crippen molar-refractivity contribution < 1.29 is 9.26 Å². The van der Waals surface area contributed by atoms with E-state index in [9.17, 15) is 0 Å². The molecule has 0 amide bonds. The van der Waals surface area contributed by atoms with Gasteiger partial charge in [-0.25, -0.2) is 0 Å². The lowest BCUT2D eigenvalue weighted by atomic mass is 9.99. The summed E-state index contributed by atoms with van der Waals surface area (Å²) in [6.45, 7) is 0. The summed E-state index contributed by atoms with van der Waals surface area (Å²) >= 11 is 6.17. The average Bonchev–Trinajstić information content (AvgIpc) is 3.30. The van der Waals surface area contributed by atoms with Crippen LogP contribution in [0, 0.1) is 0 Å². The molecule has 0 bridgehead atoms. The molecule has 2 N–H and O–H groups in total. The van der Waals surface area contributed by atoms with Gasteiger partial charge >= 0.3 is 0 Å². The van der Waals surface area contributed by atoms with E-state index in [-0.39, 0.29) is 6.10 Å². The number of hydrogen-bond donors (Lipinski definition) is 1. The van der Waals surface area contributed by atoms with Gasteiger partial charge in [0.2, 0.25) is 0 Å². The molecule has 1 heterocycles. The van der Waals surface area contributed by atoms with Crippen LogP contribution in [0.25, 0.3) is 11.5 Å². The Balaban J connectivity index is 1.65. The van der Waals surface area contributed by atoms with Crippen molar-refractivity contribution in [3.05, 3.63) is 29.0 Å². The Morgan fingerprint density at radius 1 is 1.17 bits per heavy atom. The molecule has 0 aliphatic heterocycles. The van der Waals surface area contributed by atoms with Crippen molar-refractivity contribution >= 4 is 11.6 Å². The van der Waals surface area contributed by atoms with Gasteiger partial charge in [-0.1, -0.05) is 29.6 Å². The number of nitrogens with zero attached hydrogens (tertiary/aromatic N) is 2.